The van der Waals surface area contributed by atoms with Crippen molar-refractivity contribution in [2.24, 2.45) is 5.92 Å². The average molecular weight is 294 g/mol. The second kappa shape index (κ2) is 5.61. The van der Waals surface area contributed by atoms with Crippen molar-refractivity contribution in [3.63, 3.8) is 0 Å². The van der Waals surface area contributed by atoms with Crippen LogP contribution in [0.4, 0.5) is 0 Å². The van der Waals surface area contributed by atoms with Crippen molar-refractivity contribution < 1.29 is 18.3 Å². The van der Waals surface area contributed by atoms with Crippen LogP contribution in [0.2, 0.25) is 0 Å². The van der Waals surface area contributed by atoms with E-state index in [2.05, 4.69) is 4.72 Å². The van der Waals surface area contributed by atoms with Gasteiger partial charge in [0.1, 0.15) is 6.07 Å². The van der Waals surface area contributed by atoms with Gasteiger partial charge in [0.25, 0.3) is 0 Å². The molecule has 0 saturated heterocycles. The van der Waals surface area contributed by atoms with Crippen molar-refractivity contribution in [2.75, 3.05) is 0 Å². The second-order valence-corrected chi connectivity index (χ2v) is 6.46. The lowest BCUT2D eigenvalue weighted by molar-refractivity contribution is -0.141. The van der Waals surface area contributed by atoms with Gasteiger partial charge >= 0.3 is 5.97 Å². The molecule has 1 fully saturated rings. The molecule has 20 heavy (non-hydrogen) atoms. The van der Waals surface area contributed by atoms with Gasteiger partial charge in [0.05, 0.1) is 16.4 Å². The topological polar surface area (TPSA) is 107 Å². The zero-order valence-electron chi connectivity index (χ0n) is 10.6. The SMILES string of the molecule is N#Cc1ccccc1S(=O)(=O)N[C@H]1CC[C@@H](C(=O)O)C1. The number of aliphatic carboxylic acids is 1. The van der Waals surface area contributed by atoms with Crippen LogP contribution in [0.25, 0.3) is 0 Å². The quantitative estimate of drug-likeness (QED) is 0.864. The van der Waals surface area contributed by atoms with E-state index in [1.54, 1.807) is 12.1 Å². The lowest BCUT2D eigenvalue weighted by Gasteiger charge is -2.13. The summed E-state index contributed by atoms with van der Waals surface area (Å²) in [4.78, 5) is 10.8. The van der Waals surface area contributed by atoms with Gasteiger partial charge in [-0.3, -0.25) is 4.79 Å². The van der Waals surface area contributed by atoms with Gasteiger partial charge in [0.15, 0.2) is 0 Å². The number of nitriles is 1. The number of hydrogen-bond donors (Lipinski definition) is 2. The summed E-state index contributed by atoms with van der Waals surface area (Å²) in [6, 6.07) is 7.38. The molecule has 1 saturated carbocycles. The molecule has 0 radical (unpaired) electrons. The minimum Gasteiger partial charge on any atom is -0.481 e. The number of carboxylic acids is 1. The summed E-state index contributed by atoms with van der Waals surface area (Å²) in [5, 5.41) is 17.8. The first kappa shape index (κ1) is 14.5. The first-order valence-corrected chi connectivity index (χ1v) is 7.66. The zero-order valence-corrected chi connectivity index (χ0v) is 11.4. The Hall–Kier alpha value is -1.91. The highest BCUT2D eigenvalue weighted by Crippen LogP contribution is 2.27. The minimum absolute atomic E-state index is 0.0683. The summed E-state index contributed by atoms with van der Waals surface area (Å²) in [5.41, 5.74) is 0.0766. The van der Waals surface area contributed by atoms with Crippen molar-refractivity contribution in [3.8, 4) is 6.07 Å². The van der Waals surface area contributed by atoms with Gasteiger partial charge in [0, 0.05) is 6.04 Å². The van der Waals surface area contributed by atoms with Crippen LogP contribution < -0.4 is 4.72 Å². The number of hydrogen-bond acceptors (Lipinski definition) is 4. The third kappa shape index (κ3) is 2.98. The fourth-order valence-electron chi connectivity index (χ4n) is 2.39. The van der Waals surface area contributed by atoms with Crippen molar-refractivity contribution in [3.05, 3.63) is 29.8 Å². The van der Waals surface area contributed by atoms with Crippen LogP contribution in [0.15, 0.2) is 29.2 Å². The molecule has 2 N–H and O–H groups in total. The minimum atomic E-state index is -3.80. The Bertz CT molecular complexity index is 663. The molecule has 0 amide bonds. The molecule has 2 rings (SSSR count). The number of carbonyl (C=O) groups is 1. The number of nitrogens with one attached hydrogen (secondary N) is 1. The Morgan fingerprint density at radius 3 is 2.65 bits per heavy atom. The van der Waals surface area contributed by atoms with E-state index < -0.39 is 28.0 Å². The first-order chi connectivity index (χ1) is 9.44. The van der Waals surface area contributed by atoms with Crippen molar-refractivity contribution >= 4 is 16.0 Å². The summed E-state index contributed by atoms with van der Waals surface area (Å²) in [6.45, 7) is 0. The normalized spacial score (nSPS) is 22.4. The Labute approximate surface area is 117 Å². The first-order valence-electron chi connectivity index (χ1n) is 6.18. The van der Waals surface area contributed by atoms with Crippen molar-refractivity contribution in [1.82, 2.24) is 4.72 Å². The largest absolute Gasteiger partial charge is 0.481 e. The highest BCUT2D eigenvalue weighted by molar-refractivity contribution is 7.89. The number of nitrogens with zero attached hydrogens (tertiary/aromatic N) is 1. The van der Waals surface area contributed by atoms with Crippen LogP contribution in [0, 0.1) is 17.2 Å². The summed E-state index contributed by atoms with van der Waals surface area (Å²) in [7, 11) is -3.80. The molecule has 1 aromatic carbocycles. The third-order valence-electron chi connectivity index (χ3n) is 3.40. The molecule has 0 aromatic heterocycles. The molecule has 0 aliphatic heterocycles. The van der Waals surface area contributed by atoms with Crippen LogP contribution in [-0.4, -0.2) is 25.5 Å². The van der Waals surface area contributed by atoms with E-state index in [1.165, 1.54) is 12.1 Å². The third-order valence-corrected chi connectivity index (χ3v) is 4.98. The number of rotatable bonds is 4. The molecule has 2 atom stereocenters. The van der Waals surface area contributed by atoms with Crippen molar-refractivity contribution in [1.29, 1.82) is 5.26 Å². The van der Waals surface area contributed by atoms with Gasteiger partial charge in [-0.15, -0.1) is 0 Å². The highest BCUT2D eigenvalue weighted by atomic mass is 32.2. The molecule has 0 bridgehead atoms. The number of carboxylic acid groups (broad SMARTS) is 1. The number of sulfonamides is 1. The fraction of sp³-hybridized carbons (Fsp3) is 0.385. The molecule has 0 spiro atoms. The molecule has 0 unspecified atom stereocenters. The molecule has 6 nitrogen and oxygen atoms in total. The molecular weight excluding hydrogens is 280 g/mol. The van der Waals surface area contributed by atoms with Gasteiger partial charge in [-0.05, 0) is 31.4 Å². The lowest BCUT2D eigenvalue weighted by atomic mass is 10.1. The summed E-state index contributed by atoms with van der Waals surface area (Å²) in [5.74, 6) is -1.40. The van der Waals surface area contributed by atoms with Crippen LogP contribution in [0.3, 0.4) is 0 Å². The Morgan fingerprint density at radius 1 is 1.35 bits per heavy atom. The fourth-order valence-corrected chi connectivity index (χ4v) is 3.83. The Balaban J connectivity index is 2.17. The van der Waals surface area contributed by atoms with E-state index in [0.717, 1.165) is 0 Å². The highest BCUT2D eigenvalue weighted by Gasteiger charge is 2.32. The maximum Gasteiger partial charge on any atom is 0.306 e. The molecule has 1 aliphatic carbocycles. The molecule has 106 valence electrons. The summed E-state index contributed by atoms with van der Waals surface area (Å²) < 4.78 is 27.0. The zero-order chi connectivity index (χ0) is 14.8. The second-order valence-electron chi connectivity index (χ2n) is 4.77. The predicted molar refractivity (Wildman–Crippen MR) is 70.2 cm³/mol. The van der Waals surface area contributed by atoms with Crippen LogP contribution >= 0.6 is 0 Å². The molecule has 1 aromatic rings. The summed E-state index contributed by atoms with van der Waals surface area (Å²) in [6.07, 6.45) is 1.23. The lowest BCUT2D eigenvalue weighted by Crippen LogP contribution is -2.33. The maximum absolute atomic E-state index is 12.2. The van der Waals surface area contributed by atoms with Crippen LogP contribution in [0.5, 0.6) is 0 Å². The maximum atomic E-state index is 12.2. The molecular formula is C13H14N2O4S. The average Bonchev–Trinajstić information content (AvgIpc) is 2.86. The predicted octanol–water partition coefficient (Wildman–Crippen LogP) is 1.09. The van der Waals surface area contributed by atoms with Gasteiger partial charge in [-0.25, -0.2) is 13.1 Å². The Kier molecular flexibility index (Phi) is 4.06. The summed E-state index contributed by atoms with van der Waals surface area (Å²) >= 11 is 0. The van der Waals surface area contributed by atoms with E-state index in [4.69, 9.17) is 10.4 Å². The van der Waals surface area contributed by atoms with Gasteiger partial charge in [-0.1, -0.05) is 12.1 Å². The van der Waals surface area contributed by atoms with E-state index in [-0.39, 0.29) is 16.9 Å². The Morgan fingerprint density at radius 2 is 2.05 bits per heavy atom. The van der Waals surface area contributed by atoms with Gasteiger partial charge < -0.3 is 5.11 Å². The van der Waals surface area contributed by atoms with E-state index in [0.29, 0.717) is 12.8 Å². The molecule has 0 heterocycles. The van der Waals surface area contributed by atoms with Crippen LogP contribution in [0.1, 0.15) is 24.8 Å². The molecule has 7 heteroatoms. The molecule has 1 aliphatic rings. The van der Waals surface area contributed by atoms with Crippen molar-refractivity contribution in [2.45, 2.75) is 30.2 Å². The smallest absolute Gasteiger partial charge is 0.306 e. The van der Waals surface area contributed by atoms with Crippen LogP contribution in [-0.2, 0) is 14.8 Å². The number of benzene rings is 1. The van der Waals surface area contributed by atoms with E-state index in [1.807, 2.05) is 6.07 Å². The monoisotopic (exact) mass is 294 g/mol. The van der Waals surface area contributed by atoms with E-state index in [9.17, 15) is 13.2 Å². The standard InChI is InChI=1S/C13H14N2O4S/c14-8-10-3-1-2-4-12(10)20(18,19)15-11-6-5-9(7-11)13(16)17/h1-4,9,11,15H,5-7H2,(H,16,17)/t9-,11+/m1/s1. The van der Waals surface area contributed by atoms with Gasteiger partial charge in [-0.2, -0.15) is 5.26 Å². The van der Waals surface area contributed by atoms with E-state index >= 15 is 0 Å². The van der Waals surface area contributed by atoms with Gasteiger partial charge in [0.2, 0.25) is 10.0 Å².